The summed E-state index contributed by atoms with van der Waals surface area (Å²) in [5.74, 6) is -0.299. The highest BCUT2D eigenvalue weighted by Crippen LogP contribution is 2.16. The Kier molecular flexibility index (Phi) is 6.11. The Morgan fingerprint density at radius 2 is 1.74 bits per heavy atom. The van der Waals surface area contributed by atoms with E-state index in [9.17, 15) is 9.59 Å². The molecule has 0 aromatic heterocycles. The molecule has 0 bridgehead atoms. The highest BCUT2D eigenvalue weighted by atomic mass is 79.9. The van der Waals surface area contributed by atoms with Crippen LogP contribution in [-0.2, 0) is 9.59 Å². The van der Waals surface area contributed by atoms with E-state index in [1.807, 2.05) is 24.3 Å². The first-order valence-electron chi connectivity index (χ1n) is 7.21. The summed E-state index contributed by atoms with van der Waals surface area (Å²) in [6.45, 7) is 1.79. The van der Waals surface area contributed by atoms with E-state index in [1.165, 1.54) is 6.08 Å². The number of anilines is 2. The average molecular weight is 373 g/mol. The summed E-state index contributed by atoms with van der Waals surface area (Å²) < 4.78 is 0.958. The lowest BCUT2D eigenvalue weighted by atomic mass is 10.2. The van der Waals surface area contributed by atoms with Gasteiger partial charge in [-0.1, -0.05) is 41.1 Å². The van der Waals surface area contributed by atoms with Crippen molar-refractivity contribution in [2.24, 2.45) is 0 Å². The third kappa shape index (κ3) is 5.71. The normalized spacial score (nSPS) is 10.5. The molecule has 4 nitrogen and oxygen atoms in total. The van der Waals surface area contributed by atoms with E-state index in [1.54, 1.807) is 37.3 Å². The minimum absolute atomic E-state index is 0.0666. The molecule has 2 aromatic carbocycles. The fourth-order valence-electron chi connectivity index (χ4n) is 1.89. The van der Waals surface area contributed by atoms with E-state index in [2.05, 4.69) is 26.6 Å². The van der Waals surface area contributed by atoms with Gasteiger partial charge in [-0.25, -0.2) is 0 Å². The number of nitrogens with one attached hydrogen (secondary N) is 2. The van der Waals surface area contributed by atoms with Gasteiger partial charge in [-0.05, 0) is 42.0 Å². The van der Waals surface area contributed by atoms with Crippen LogP contribution in [0.5, 0.6) is 0 Å². The predicted molar refractivity (Wildman–Crippen MR) is 97.2 cm³/mol. The first-order valence-corrected chi connectivity index (χ1v) is 8.00. The van der Waals surface area contributed by atoms with Crippen LogP contribution in [-0.4, -0.2) is 11.8 Å². The molecule has 0 saturated carbocycles. The van der Waals surface area contributed by atoms with Crippen molar-refractivity contribution in [1.82, 2.24) is 0 Å². The highest BCUT2D eigenvalue weighted by Gasteiger charge is 2.02. The third-order valence-corrected chi connectivity index (χ3v) is 3.50. The fraction of sp³-hybridized carbons (Fsp3) is 0.111. The Morgan fingerprint density at radius 3 is 2.43 bits per heavy atom. The van der Waals surface area contributed by atoms with Gasteiger partial charge in [0, 0.05) is 28.3 Å². The van der Waals surface area contributed by atoms with Gasteiger partial charge in [0.25, 0.3) is 0 Å². The van der Waals surface area contributed by atoms with E-state index in [4.69, 9.17) is 0 Å². The monoisotopic (exact) mass is 372 g/mol. The number of carbonyl (C=O) groups excluding carboxylic acids is 2. The standard InChI is InChI=1S/C18H17BrN2O2/c1-2-17(22)20-15-7-4-8-16(12-15)21-18(23)10-9-13-5-3-6-14(19)11-13/h3-12H,2H2,1H3,(H,20,22)(H,21,23)/b10-9+. The van der Waals surface area contributed by atoms with Crippen molar-refractivity contribution in [3.05, 3.63) is 64.6 Å². The summed E-state index contributed by atoms with van der Waals surface area (Å²) in [7, 11) is 0. The summed E-state index contributed by atoms with van der Waals surface area (Å²) in [5.41, 5.74) is 2.21. The number of amides is 2. The van der Waals surface area contributed by atoms with Gasteiger partial charge in [0.1, 0.15) is 0 Å². The van der Waals surface area contributed by atoms with Crippen LogP contribution >= 0.6 is 15.9 Å². The number of halogens is 1. The van der Waals surface area contributed by atoms with Gasteiger partial charge in [-0.2, -0.15) is 0 Å². The van der Waals surface area contributed by atoms with Gasteiger partial charge in [0.05, 0.1) is 0 Å². The summed E-state index contributed by atoms with van der Waals surface area (Å²) >= 11 is 3.39. The minimum Gasteiger partial charge on any atom is -0.326 e. The van der Waals surface area contributed by atoms with Crippen LogP contribution < -0.4 is 10.6 Å². The van der Waals surface area contributed by atoms with Crippen molar-refractivity contribution in [2.75, 3.05) is 10.6 Å². The Morgan fingerprint density at radius 1 is 1.04 bits per heavy atom. The topological polar surface area (TPSA) is 58.2 Å². The molecular formula is C18H17BrN2O2. The van der Waals surface area contributed by atoms with Crippen molar-refractivity contribution in [1.29, 1.82) is 0 Å². The van der Waals surface area contributed by atoms with Crippen LogP contribution in [0.25, 0.3) is 6.08 Å². The lowest BCUT2D eigenvalue weighted by Crippen LogP contribution is -2.11. The van der Waals surface area contributed by atoms with E-state index < -0.39 is 0 Å². The zero-order valence-electron chi connectivity index (χ0n) is 12.7. The molecule has 23 heavy (non-hydrogen) atoms. The van der Waals surface area contributed by atoms with Crippen molar-refractivity contribution < 1.29 is 9.59 Å². The minimum atomic E-state index is -0.232. The maximum Gasteiger partial charge on any atom is 0.248 e. The van der Waals surface area contributed by atoms with Gasteiger partial charge in [-0.15, -0.1) is 0 Å². The maximum absolute atomic E-state index is 12.0. The Balaban J connectivity index is 2.00. The largest absolute Gasteiger partial charge is 0.326 e. The Bertz CT molecular complexity index is 741. The molecule has 2 aromatic rings. The van der Waals surface area contributed by atoms with Gasteiger partial charge in [-0.3, -0.25) is 9.59 Å². The molecule has 0 saturated heterocycles. The van der Waals surface area contributed by atoms with E-state index in [0.717, 1.165) is 10.0 Å². The van der Waals surface area contributed by atoms with Crippen LogP contribution in [0.15, 0.2) is 59.1 Å². The molecule has 0 aliphatic heterocycles. The summed E-state index contributed by atoms with van der Waals surface area (Å²) in [5, 5.41) is 5.53. The molecule has 118 valence electrons. The van der Waals surface area contributed by atoms with Gasteiger partial charge < -0.3 is 10.6 Å². The summed E-state index contributed by atoms with van der Waals surface area (Å²) in [4.78, 5) is 23.4. The second kappa shape index (κ2) is 8.29. The first-order chi connectivity index (χ1) is 11.1. The molecule has 2 rings (SSSR count). The molecule has 0 aliphatic rings. The molecule has 0 spiro atoms. The number of rotatable bonds is 5. The third-order valence-electron chi connectivity index (χ3n) is 3.01. The van der Waals surface area contributed by atoms with Crippen LogP contribution in [0.2, 0.25) is 0 Å². The van der Waals surface area contributed by atoms with Crippen molar-refractivity contribution >= 4 is 45.2 Å². The lowest BCUT2D eigenvalue weighted by Gasteiger charge is -2.07. The highest BCUT2D eigenvalue weighted by molar-refractivity contribution is 9.10. The van der Waals surface area contributed by atoms with Crippen molar-refractivity contribution in [3.8, 4) is 0 Å². The Labute approximate surface area is 143 Å². The van der Waals surface area contributed by atoms with Crippen molar-refractivity contribution in [2.45, 2.75) is 13.3 Å². The first kappa shape index (κ1) is 17.0. The molecule has 0 radical (unpaired) electrons. The van der Waals surface area contributed by atoms with Crippen LogP contribution in [0, 0.1) is 0 Å². The molecule has 0 unspecified atom stereocenters. The van der Waals surface area contributed by atoms with Gasteiger partial charge >= 0.3 is 0 Å². The smallest absolute Gasteiger partial charge is 0.248 e. The second-order valence-corrected chi connectivity index (χ2v) is 5.78. The molecule has 2 amide bonds. The molecule has 0 aliphatic carbocycles. The van der Waals surface area contributed by atoms with Crippen LogP contribution in [0.4, 0.5) is 11.4 Å². The number of carbonyl (C=O) groups is 2. The second-order valence-electron chi connectivity index (χ2n) is 4.86. The Hall–Kier alpha value is -2.40. The molecule has 0 fully saturated rings. The number of benzene rings is 2. The maximum atomic E-state index is 12.0. The van der Waals surface area contributed by atoms with Crippen LogP contribution in [0.3, 0.4) is 0 Å². The summed E-state index contributed by atoms with van der Waals surface area (Å²) in [6, 6.07) is 14.7. The molecule has 0 atom stereocenters. The zero-order valence-corrected chi connectivity index (χ0v) is 14.3. The van der Waals surface area contributed by atoms with Gasteiger partial charge in [0.2, 0.25) is 11.8 Å². The van der Waals surface area contributed by atoms with Gasteiger partial charge in [0.15, 0.2) is 0 Å². The van der Waals surface area contributed by atoms with Crippen molar-refractivity contribution in [3.63, 3.8) is 0 Å². The fourth-order valence-corrected chi connectivity index (χ4v) is 2.31. The average Bonchev–Trinajstić information content (AvgIpc) is 2.53. The van der Waals surface area contributed by atoms with Crippen LogP contribution in [0.1, 0.15) is 18.9 Å². The van der Waals surface area contributed by atoms with E-state index >= 15 is 0 Å². The zero-order chi connectivity index (χ0) is 16.7. The number of hydrogen-bond acceptors (Lipinski definition) is 2. The lowest BCUT2D eigenvalue weighted by molar-refractivity contribution is -0.116. The summed E-state index contributed by atoms with van der Waals surface area (Å²) in [6.07, 6.45) is 3.62. The quantitative estimate of drug-likeness (QED) is 0.761. The molecule has 0 heterocycles. The molecule has 5 heteroatoms. The molecule has 2 N–H and O–H groups in total. The number of hydrogen-bond donors (Lipinski definition) is 2. The SMILES string of the molecule is CCC(=O)Nc1cccc(NC(=O)/C=C/c2cccc(Br)c2)c1. The van der Waals surface area contributed by atoms with E-state index in [0.29, 0.717) is 17.8 Å². The predicted octanol–water partition coefficient (Wildman–Crippen LogP) is 4.45. The van der Waals surface area contributed by atoms with E-state index in [-0.39, 0.29) is 11.8 Å². The molecular weight excluding hydrogens is 356 g/mol.